The number of hydrogen-bond acceptors (Lipinski definition) is 3. The standard InChI is InChI=1S/C18H25BrN4/c1-22-8-10-23(11-9-22)7-5-16-18-15(4-6-20-16)14-3-2-13(19)12-17(14)21-18/h2-3,12,16,20-21H,4-11H2,1H3/t16-/m0/s1. The van der Waals surface area contributed by atoms with Gasteiger partial charge in [-0.2, -0.15) is 0 Å². The smallest absolute Gasteiger partial charge is 0.0488 e. The van der Waals surface area contributed by atoms with Crippen LogP contribution in [0.2, 0.25) is 0 Å². The van der Waals surface area contributed by atoms with E-state index in [9.17, 15) is 0 Å². The van der Waals surface area contributed by atoms with Gasteiger partial charge in [0.25, 0.3) is 0 Å². The highest BCUT2D eigenvalue weighted by atomic mass is 79.9. The molecule has 1 atom stereocenters. The molecule has 23 heavy (non-hydrogen) atoms. The van der Waals surface area contributed by atoms with Crippen molar-refractivity contribution in [2.45, 2.75) is 18.9 Å². The molecule has 1 aromatic carbocycles. The van der Waals surface area contributed by atoms with Gasteiger partial charge < -0.3 is 20.1 Å². The Bertz CT molecular complexity index is 688. The largest absolute Gasteiger partial charge is 0.357 e. The van der Waals surface area contributed by atoms with E-state index in [1.807, 2.05) is 0 Å². The van der Waals surface area contributed by atoms with Crippen molar-refractivity contribution in [2.75, 3.05) is 46.3 Å². The summed E-state index contributed by atoms with van der Waals surface area (Å²) in [5.74, 6) is 0. The Morgan fingerprint density at radius 2 is 2.04 bits per heavy atom. The van der Waals surface area contributed by atoms with Crippen LogP contribution in [0.25, 0.3) is 10.9 Å². The van der Waals surface area contributed by atoms with Gasteiger partial charge in [0.2, 0.25) is 0 Å². The van der Waals surface area contributed by atoms with Gasteiger partial charge in [-0.3, -0.25) is 0 Å². The Morgan fingerprint density at radius 3 is 2.87 bits per heavy atom. The fourth-order valence-corrected chi connectivity index (χ4v) is 4.28. The molecule has 124 valence electrons. The maximum atomic E-state index is 3.72. The number of hydrogen-bond donors (Lipinski definition) is 2. The van der Waals surface area contributed by atoms with E-state index in [4.69, 9.17) is 0 Å². The lowest BCUT2D eigenvalue weighted by molar-refractivity contribution is 0.148. The van der Waals surface area contributed by atoms with Crippen molar-refractivity contribution in [3.63, 3.8) is 0 Å². The van der Waals surface area contributed by atoms with Crippen LogP contribution in [0.4, 0.5) is 0 Å². The molecule has 0 aliphatic carbocycles. The van der Waals surface area contributed by atoms with Gasteiger partial charge in [0.05, 0.1) is 0 Å². The number of halogens is 1. The van der Waals surface area contributed by atoms with E-state index in [-0.39, 0.29) is 0 Å². The first-order valence-electron chi connectivity index (χ1n) is 8.65. The van der Waals surface area contributed by atoms with Gasteiger partial charge in [-0.15, -0.1) is 0 Å². The van der Waals surface area contributed by atoms with Crippen LogP contribution in [0.3, 0.4) is 0 Å². The van der Waals surface area contributed by atoms with E-state index in [0.717, 1.165) is 17.4 Å². The van der Waals surface area contributed by atoms with E-state index < -0.39 is 0 Å². The highest BCUT2D eigenvalue weighted by Crippen LogP contribution is 2.32. The van der Waals surface area contributed by atoms with Crippen molar-refractivity contribution < 1.29 is 0 Å². The third-order valence-corrected chi connectivity index (χ3v) is 5.84. The summed E-state index contributed by atoms with van der Waals surface area (Å²) in [6, 6.07) is 7.06. The number of nitrogens with zero attached hydrogens (tertiary/aromatic N) is 2. The second kappa shape index (κ2) is 6.55. The summed E-state index contributed by atoms with van der Waals surface area (Å²) in [5.41, 5.74) is 4.20. The topological polar surface area (TPSA) is 34.3 Å². The minimum Gasteiger partial charge on any atom is -0.357 e. The lowest BCUT2D eigenvalue weighted by atomic mass is 9.97. The Morgan fingerprint density at radius 1 is 1.22 bits per heavy atom. The van der Waals surface area contributed by atoms with Gasteiger partial charge in [0, 0.05) is 59.8 Å². The van der Waals surface area contributed by atoms with Crippen molar-refractivity contribution in [3.05, 3.63) is 33.9 Å². The van der Waals surface area contributed by atoms with Gasteiger partial charge in [-0.05, 0) is 44.1 Å². The molecule has 2 N–H and O–H groups in total. The van der Waals surface area contributed by atoms with Crippen LogP contribution in [0.1, 0.15) is 23.7 Å². The predicted octanol–water partition coefficient (Wildman–Crippen LogP) is 2.75. The molecule has 4 rings (SSSR count). The molecule has 3 heterocycles. The number of rotatable bonds is 3. The quantitative estimate of drug-likeness (QED) is 0.863. The molecule has 0 amide bonds. The van der Waals surface area contributed by atoms with Crippen molar-refractivity contribution in [1.82, 2.24) is 20.1 Å². The maximum absolute atomic E-state index is 3.72. The Labute approximate surface area is 146 Å². The average Bonchev–Trinajstić information content (AvgIpc) is 2.92. The average molecular weight is 377 g/mol. The second-order valence-electron chi connectivity index (χ2n) is 6.90. The third kappa shape index (κ3) is 3.20. The summed E-state index contributed by atoms with van der Waals surface area (Å²) in [6.07, 6.45) is 2.31. The fourth-order valence-electron chi connectivity index (χ4n) is 3.92. The highest BCUT2D eigenvalue weighted by Gasteiger charge is 2.24. The Balaban J connectivity index is 1.50. The van der Waals surface area contributed by atoms with Crippen LogP contribution in [-0.4, -0.2) is 61.1 Å². The minimum absolute atomic E-state index is 0.463. The molecule has 1 saturated heterocycles. The summed E-state index contributed by atoms with van der Waals surface area (Å²) in [4.78, 5) is 8.71. The van der Waals surface area contributed by atoms with Crippen LogP contribution < -0.4 is 5.32 Å². The molecular formula is C18H25BrN4. The summed E-state index contributed by atoms with van der Waals surface area (Å²) in [7, 11) is 2.22. The summed E-state index contributed by atoms with van der Waals surface area (Å²) in [5, 5.41) is 5.12. The lowest BCUT2D eigenvalue weighted by Gasteiger charge is -2.34. The van der Waals surface area contributed by atoms with Gasteiger partial charge in [-0.1, -0.05) is 22.0 Å². The summed E-state index contributed by atoms with van der Waals surface area (Å²) >= 11 is 3.58. The maximum Gasteiger partial charge on any atom is 0.0488 e. The zero-order valence-corrected chi connectivity index (χ0v) is 15.3. The summed E-state index contributed by atoms with van der Waals surface area (Å²) < 4.78 is 1.14. The highest BCUT2D eigenvalue weighted by molar-refractivity contribution is 9.10. The Hall–Kier alpha value is -0.880. The number of H-pyrrole nitrogens is 1. The molecule has 0 bridgehead atoms. The van der Waals surface area contributed by atoms with E-state index in [1.54, 1.807) is 0 Å². The number of likely N-dealkylation sites (N-methyl/N-ethyl adjacent to an activating group) is 1. The van der Waals surface area contributed by atoms with Crippen molar-refractivity contribution >= 4 is 26.8 Å². The SMILES string of the molecule is CN1CCN(CC[C@@H]2NCCc3c2[nH]c2cc(Br)ccc32)CC1. The van der Waals surface area contributed by atoms with Gasteiger partial charge >= 0.3 is 0 Å². The molecule has 0 radical (unpaired) electrons. The number of aromatic amines is 1. The molecule has 0 spiro atoms. The zero-order valence-electron chi connectivity index (χ0n) is 13.7. The first kappa shape index (κ1) is 15.6. The molecule has 0 saturated carbocycles. The van der Waals surface area contributed by atoms with Crippen molar-refractivity contribution in [1.29, 1.82) is 0 Å². The van der Waals surface area contributed by atoms with Gasteiger partial charge in [0.1, 0.15) is 0 Å². The number of aromatic nitrogens is 1. The molecule has 4 nitrogen and oxygen atoms in total. The number of fused-ring (bicyclic) bond motifs is 3. The molecule has 5 heteroatoms. The van der Waals surface area contributed by atoms with E-state index >= 15 is 0 Å². The monoisotopic (exact) mass is 376 g/mol. The van der Waals surface area contributed by atoms with Crippen LogP contribution in [0.5, 0.6) is 0 Å². The van der Waals surface area contributed by atoms with Crippen LogP contribution in [0, 0.1) is 0 Å². The minimum atomic E-state index is 0.463. The second-order valence-corrected chi connectivity index (χ2v) is 7.81. The van der Waals surface area contributed by atoms with E-state index in [1.165, 1.54) is 61.3 Å². The van der Waals surface area contributed by atoms with Crippen LogP contribution in [-0.2, 0) is 6.42 Å². The molecule has 2 aliphatic heterocycles. The molecular weight excluding hydrogens is 352 g/mol. The molecule has 0 unspecified atom stereocenters. The van der Waals surface area contributed by atoms with E-state index in [0.29, 0.717) is 6.04 Å². The van der Waals surface area contributed by atoms with Crippen LogP contribution >= 0.6 is 15.9 Å². The first-order valence-corrected chi connectivity index (χ1v) is 9.44. The molecule has 1 aromatic heterocycles. The summed E-state index contributed by atoms with van der Waals surface area (Å²) in [6.45, 7) is 7.08. The zero-order chi connectivity index (χ0) is 15.8. The number of benzene rings is 1. The Kier molecular flexibility index (Phi) is 4.46. The normalized spacial score (nSPS) is 23.3. The van der Waals surface area contributed by atoms with Crippen molar-refractivity contribution in [3.8, 4) is 0 Å². The number of nitrogens with one attached hydrogen (secondary N) is 2. The van der Waals surface area contributed by atoms with Gasteiger partial charge in [0.15, 0.2) is 0 Å². The first-order chi connectivity index (χ1) is 11.2. The molecule has 1 fully saturated rings. The van der Waals surface area contributed by atoms with E-state index in [2.05, 4.69) is 61.3 Å². The molecule has 2 aliphatic rings. The lowest BCUT2D eigenvalue weighted by Crippen LogP contribution is -2.45. The third-order valence-electron chi connectivity index (χ3n) is 5.35. The van der Waals surface area contributed by atoms with Gasteiger partial charge in [-0.25, -0.2) is 0 Å². The fraction of sp³-hybridized carbons (Fsp3) is 0.556. The molecule has 2 aromatic rings. The predicted molar refractivity (Wildman–Crippen MR) is 99.0 cm³/mol. The van der Waals surface area contributed by atoms with Crippen molar-refractivity contribution in [2.24, 2.45) is 0 Å². The number of piperazine rings is 1. The van der Waals surface area contributed by atoms with Crippen LogP contribution in [0.15, 0.2) is 22.7 Å².